The lowest BCUT2D eigenvalue weighted by molar-refractivity contribution is 0.102. The second-order valence-electron chi connectivity index (χ2n) is 10.9. The molecule has 1 aromatic heterocycles. The first-order valence-corrected chi connectivity index (χ1v) is 18.0. The van der Waals surface area contributed by atoms with Gasteiger partial charge >= 0.3 is 0 Å². The Bertz CT molecular complexity index is 2700. The summed E-state index contributed by atoms with van der Waals surface area (Å²) in [7, 11) is -13.4. The lowest BCUT2D eigenvalue weighted by Gasteiger charge is -2.26. The van der Waals surface area contributed by atoms with Crippen molar-refractivity contribution < 1.29 is 48.5 Å². The highest BCUT2D eigenvalue weighted by molar-refractivity contribution is 7.86. The van der Waals surface area contributed by atoms with Gasteiger partial charge in [-0.05, 0) is 54.4 Å². The maximum Gasteiger partial charge on any atom is 0.296 e. The van der Waals surface area contributed by atoms with Crippen LogP contribution in [0.15, 0.2) is 92.3 Å². The van der Waals surface area contributed by atoms with Gasteiger partial charge in [-0.1, -0.05) is 36.4 Å². The first-order chi connectivity index (χ1) is 22.3. The molecule has 0 bridgehead atoms. The Balaban J connectivity index is 1.69. The van der Waals surface area contributed by atoms with E-state index < -0.39 is 67.7 Å². The number of carbonyl (C=O) groups excluding carboxylic acids is 2. The minimum absolute atomic E-state index is 0.0256. The van der Waals surface area contributed by atoms with Crippen LogP contribution in [-0.2, 0) is 37.4 Å². The average molecular weight is 711 g/mol. The van der Waals surface area contributed by atoms with Crippen LogP contribution in [0.5, 0.6) is 0 Å². The summed E-state index contributed by atoms with van der Waals surface area (Å²) in [4.78, 5) is 39.9. The van der Waals surface area contributed by atoms with Crippen LogP contribution in [0, 0.1) is 6.92 Å². The van der Waals surface area contributed by atoms with Crippen molar-refractivity contribution in [3.63, 3.8) is 0 Å². The fourth-order valence-corrected chi connectivity index (χ4v) is 7.78. The molecule has 0 amide bonds. The molecular formula is C31H22N2O12S3. The maximum absolute atomic E-state index is 14.1. The third-order valence-corrected chi connectivity index (χ3v) is 10.7. The number of pyridine rings is 1. The van der Waals surface area contributed by atoms with E-state index in [4.69, 9.17) is 0 Å². The van der Waals surface area contributed by atoms with Crippen LogP contribution in [0.1, 0.15) is 37.4 Å². The van der Waals surface area contributed by atoms with Gasteiger partial charge < -0.3 is 9.88 Å². The summed E-state index contributed by atoms with van der Waals surface area (Å²) in [6, 6.07) is 14.7. The number of nitrogens with one attached hydrogen (secondary N) is 1. The van der Waals surface area contributed by atoms with E-state index >= 15 is 0 Å². The van der Waals surface area contributed by atoms with Gasteiger partial charge in [-0.3, -0.25) is 28.0 Å². The van der Waals surface area contributed by atoms with E-state index in [9.17, 15) is 53.3 Å². The van der Waals surface area contributed by atoms with E-state index in [-0.39, 0.29) is 55.7 Å². The van der Waals surface area contributed by atoms with Crippen LogP contribution in [0.3, 0.4) is 0 Å². The molecule has 14 nitrogen and oxygen atoms in total. The zero-order valence-electron chi connectivity index (χ0n) is 24.6. The van der Waals surface area contributed by atoms with E-state index in [1.54, 1.807) is 12.1 Å². The van der Waals surface area contributed by atoms with Gasteiger partial charge in [-0.25, -0.2) is 0 Å². The normalized spacial score (nSPS) is 13.0. The first kappa shape index (κ1) is 32.9. The minimum Gasteiger partial charge on any atom is -0.354 e. The number of aryl methyl sites for hydroxylation is 2. The van der Waals surface area contributed by atoms with E-state index in [1.165, 1.54) is 50.4 Å². The molecule has 6 rings (SSSR count). The van der Waals surface area contributed by atoms with E-state index in [2.05, 4.69) is 5.32 Å². The fraction of sp³-hybridized carbons (Fsp3) is 0.0645. The summed E-state index contributed by atoms with van der Waals surface area (Å²) < 4.78 is 102. The molecular weight excluding hydrogens is 689 g/mol. The largest absolute Gasteiger partial charge is 0.354 e. The quantitative estimate of drug-likeness (QED) is 0.137. The highest BCUT2D eigenvalue weighted by Gasteiger charge is 2.35. The van der Waals surface area contributed by atoms with Gasteiger partial charge in [0.15, 0.2) is 11.6 Å². The maximum atomic E-state index is 14.1. The number of carbonyl (C=O) groups is 2. The third-order valence-electron chi connectivity index (χ3n) is 7.98. The Morgan fingerprint density at radius 3 is 1.96 bits per heavy atom. The van der Waals surface area contributed by atoms with Crippen molar-refractivity contribution in [1.82, 2.24) is 4.57 Å². The van der Waals surface area contributed by atoms with Gasteiger partial charge in [0.2, 0.25) is 0 Å². The van der Waals surface area contributed by atoms with Crippen molar-refractivity contribution in [2.24, 2.45) is 7.05 Å². The van der Waals surface area contributed by atoms with E-state index in [0.29, 0.717) is 6.07 Å². The van der Waals surface area contributed by atoms with Gasteiger partial charge in [0.25, 0.3) is 35.9 Å². The van der Waals surface area contributed by atoms with Crippen LogP contribution in [0.25, 0.3) is 22.0 Å². The van der Waals surface area contributed by atoms with Crippen LogP contribution >= 0.6 is 0 Å². The molecule has 48 heavy (non-hydrogen) atoms. The Labute approximate surface area is 272 Å². The summed E-state index contributed by atoms with van der Waals surface area (Å²) in [6.45, 7) is 1.41. The fourth-order valence-electron chi connectivity index (χ4n) is 5.78. The molecule has 0 aliphatic heterocycles. The van der Waals surface area contributed by atoms with Crippen molar-refractivity contribution in [2.75, 3.05) is 5.32 Å². The summed E-state index contributed by atoms with van der Waals surface area (Å²) in [5, 5.41) is 2.83. The van der Waals surface area contributed by atoms with Gasteiger partial charge in [0.05, 0.1) is 37.8 Å². The zero-order chi connectivity index (χ0) is 35.1. The number of aromatic nitrogens is 1. The number of benzene rings is 4. The van der Waals surface area contributed by atoms with E-state index in [0.717, 1.165) is 22.8 Å². The van der Waals surface area contributed by atoms with Gasteiger partial charge in [-0.2, -0.15) is 25.3 Å². The van der Waals surface area contributed by atoms with Crippen molar-refractivity contribution in [3.05, 3.63) is 111 Å². The van der Waals surface area contributed by atoms with E-state index in [1.807, 2.05) is 0 Å². The molecule has 0 saturated carbocycles. The molecule has 0 saturated heterocycles. The van der Waals surface area contributed by atoms with Crippen LogP contribution in [0.2, 0.25) is 0 Å². The predicted octanol–water partition coefficient (Wildman–Crippen LogP) is 3.77. The van der Waals surface area contributed by atoms with Crippen LogP contribution < -0.4 is 10.9 Å². The molecule has 4 aromatic carbocycles. The van der Waals surface area contributed by atoms with Crippen molar-refractivity contribution in [3.8, 4) is 11.1 Å². The molecule has 0 spiro atoms. The van der Waals surface area contributed by atoms with Gasteiger partial charge in [0, 0.05) is 29.1 Å². The molecule has 5 aromatic rings. The Morgan fingerprint density at radius 2 is 1.33 bits per heavy atom. The number of anilines is 2. The lowest BCUT2D eigenvalue weighted by Crippen LogP contribution is -2.29. The second-order valence-corrected chi connectivity index (χ2v) is 15.1. The predicted molar refractivity (Wildman–Crippen MR) is 172 cm³/mol. The van der Waals surface area contributed by atoms with Crippen molar-refractivity contribution in [2.45, 2.75) is 21.6 Å². The number of hydrogen-bond donors (Lipinski definition) is 4. The molecule has 1 aliphatic rings. The average Bonchev–Trinajstić information content (AvgIpc) is 3.00. The second kappa shape index (κ2) is 11.0. The standard InChI is InChI=1S/C31H22N2O12S3/c1-15-7-8-16(13-23(15)47(40,41)42)29(34)28-25-18-5-3-4-6-19(18)30(35)26-21(11-12-22(27(25)26)33(2)31(28)36)32-20-10-9-17(46(37,38)39)14-24(20)48(43,44)45/h3-14,32H,1-2H3,(H,37,38,39)(H,40,41,42)(H,43,44,45). The smallest absolute Gasteiger partial charge is 0.296 e. The Morgan fingerprint density at radius 1 is 0.708 bits per heavy atom. The minimum atomic E-state index is -5.11. The summed E-state index contributed by atoms with van der Waals surface area (Å²) in [6.07, 6.45) is 0. The van der Waals surface area contributed by atoms with Gasteiger partial charge in [-0.15, -0.1) is 0 Å². The number of hydrogen-bond acceptors (Lipinski definition) is 10. The molecule has 0 unspecified atom stereocenters. The molecule has 0 atom stereocenters. The van der Waals surface area contributed by atoms with Crippen molar-refractivity contribution in [1.29, 1.82) is 0 Å². The number of rotatable bonds is 7. The van der Waals surface area contributed by atoms with Crippen LogP contribution in [-0.4, -0.2) is 55.0 Å². The summed E-state index contributed by atoms with van der Waals surface area (Å²) in [5.74, 6) is -1.52. The SMILES string of the molecule is Cc1ccc(C(=O)c2c3c4c(c(Nc5ccc(S(=O)(=O)O)cc5S(=O)(=O)O)ccc4n(C)c2=O)C(=O)c2ccccc2-3)cc1S(=O)(=O)O. The molecule has 17 heteroatoms. The van der Waals surface area contributed by atoms with Crippen molar-refractivity contribution >= 4 is 64.2 Å². The zero-order valence-corrected chi connectivity index (χ0v) is 27.1. The summed E-state index contributed by atoms with van der Waals surface area (Å²) >= 11 is 0. The van der Waals surface area contributed by atoms with Gasteiger partial charge in [0.1, 0.15) is 4.90 Å². The number of nitrogens with zero attached hydrogens (tertiary/aromatic N) is 1. The Hall–Kier alpha value is -5.04. The molecule has 246 valence electrons. The molecule has 0 fully saturated rings. The molecule has 4 N–H and O–H groups in total. The molecule has 0 radical (unpaired) electrons. The molecule has 1 aliphatic carbocycles. The molecule has 1 heterocycles. The highest BCUT2D eigenvalue weighted by atomic mass is 32.2. The first-order valence-electron chi connectivity index (χ1n) is 13.6. The topological polar surface area (TPSA) is 231 Å². The summed E-state index contributed by atoms with van der Waals surface area (Å²) in [5.41, 5.74) is -1.40. The lowest BCUT2D eigenvalue weighted by atomic mass is 9.80. The number of fused-ring (bicyclic) bond motifs is 2. The Kier molecular flexibility index (Phi) is 7.54. The van der Waals surface area contributed by atoms with Crippen LogP contribution in [0.4, 0.5) is 11.4 Å². The highest BCUT2D eigenvalue weighted by Crippen LogP contribution is 2.44. The number of ketones is 2. The third kappa shape index (κ3) is 5.31. The monoisotopic (exact) mass is 710 g/mol.